The van der Waals surface area contributed by atoms with E-state index in [-0.39, 0.29) is 11.3 Å². The first-order valence-corrected chi connectivity index (χ1v) is 15.3. The molecule has 0 spiro atoms. The zero-order chi connectivity index (χ0) is 29.3. The van der Waals surface area contributed by atoms with Gasteiger partial charge < -0.3 is 14.2 Å². The number of rotatable bonds is 8. The number of fused-ring (bicyclic) bond motifs is 1. The molecule has 42 heavy (non-hydrogen) atoms. The Kier molecular flexibility index (Phi) is 7.63. The fourth-order valence-electron chi connectivity index (χ4n) is 6.67. The lowest BCUT2D eigenvalue weighted by molar-refractivity contribution is -0.0662. The Hall–Kier alpha value is -3.96. The average Bonchev–Trinajstić information content (AvgIpc) is 3.34. The van der Waals surface area contributed by atoms with E-state index in [2.05, 4.69) is 98.1 Å². The van der Waals surface area contributed by atoms with Gasteiger partial charge in [-0.1, -0.05) is 112 Å². The van der Waals surface area contributed by atoms with Crippen LogP contribution >= 0.6 is 0 Å². The van der Waals surface area contributed by atoms with Crippen LogP contribution in [0, 0.1) is 16.7 Å². The van der Waals surface area contributed by atoms with Crippen LogP contribution in [0.2, 0.25) is 0 Å². The van der Waals surface area contributed by atoms with Crippen LogP contribution in [0.15, 0.2) is 97.3 Å². The van der Waals surface area contributed by atoms with Crippen LogP contribution in [0.3, 0.4) is 0 Å². The quantitative estimate of drug-likeness (QED) is 0.202. The Balaban J connectivity index is 1.46. The number of aromatic nitrogens is 3. The molecule has 5 aromatic rings. The molecule has 1 saturated carbocycles. The van der Waals surface area contributed by atoms with Gasteiger partial charge in [0.05, 0.1) is 23.0 Å². The van der Waals surface area contributed by atoms with Crippen LogP contribution in [0.5, 0.6) is 0 Å². The largest absolute Gasteiger partial charge is 0.390 e. The van der Waals surface area contributed by atoms with Crippen molar-refractivity contribution in [2.45, 2.75) is 71.6 Å². The maximum absolute atomic E-state index is 11.0. The summed E-state index contributed by atoms with van der Waals surface area (Å²) < 4.78 is 4.32. The molecule has 0 amide bonds. The third-order valence-electron chi connectivity index (χ3n) is 9.73. The van der Waals surface area contributed by atoms with Crippen molar-refractivity contribution in [2.75, 3.05) is 0 Å². The first kappa shape index (κ1) is 28.2. The van der Waals surface area contributed by atoms with E-state index >= 15 is 0 Å². The van der Waals surface area contributed by atoms with Crippen molar-refractivity contribution in [3.05, 3.63) is 108 Å². The fourth-order valence-corrected chi connectivity index (χ4v) is 6.67. The van der Waals surface area contributed by atoms with Crippen molar-refractivity contribution in [1.82, 2.24) is 14.1 Å². The molecule has 0 bridgehead atoms. The molecule has 0 aliphatic heterocycles. The van der Waals surface area contributed by atoms with Crippen LogP contribution in [-0.2, 0) is 13.1 Å². The van der Waals surface area contributed by atoms with E-state index in [1.54, 1.807) is 0 Å². The monoisotopic (exact) mass is 558 g/mol. The van der Waals surface area contributed by atoms with Crippen LogP contribution < -0.4 is 5.49 Å². The van der Waals surface area contributed by atoms with Gasteiger partial charge in [-0.25, -0.2) is 4.98 Å². The lowest BCUT2D eigenvalue weighted by Crippen LogP contribution is -2.42. The van der Waals surface area contributed by atoms with Crippen LogP contribution in [0.25, 0.3) is 33.4 Å². The molecule has 6 rings (SSSR count). The molecule has 0 atom stereocenters. The molecule has 2 heterocycles. The number of nitrogens with one attached hydrogen (secondary N) is 1. The molecule has 1 fully saturated rings. The van der Waals surface area contributed by atoms with Gasteiger partial charge in [-0.2, -0.15) is 0 Å². The predicted molar refractivity (Wildman–Crippen MR) is 171 cm³/mol. The van der Waals surface area contributed by atoms with E-state index in [1.807, 2.05) is 29.1 Å². The van der Waals surface area contributed by atoms with Gasteiger partial charge in [0, 0.05) is 18.7 Å². The Bertz CT molecular complexity index is 1710. The van der Waals surface area contributed by atoms with Gasteiger partial charge >= 0.3 is 0 Å². The van der Waals surface area contributed by atoms with Crippen LogP contribution in [0.1, 0.15) is 58.4 Å². The van der Waals surface area contributed by atoms with E-state index in [0.29, 0.717) is 12.0 Å². The van der Waals surface area contributed by atoms with Crippen molar-refractivity contribution in [3.8, 4) is 22.4 Å². The average molecular weight is 559 g/mol. The number of aryl methyl sites for hydroxylation is 1. The maximum atomic E-state index is 11.0. The van der Waals surface area contributed by atoms with E-state index in [9.17, 15) is 10.5 Å². The molecule has 5 nitrogen and oxygen atoms in total. The van der Waals surface area contributed by atoms with Gasteiger partial charge in [-0.3, -0.25) is 5.41 Å². The first-order chi connectivity index (χ1) is 20.3. The van der Waals surface area contributed by atoms with Gasteiger partial charge in [-0.15, -0.1) is 0 Å². The highest BCUT2D eigenvalue weighted by Gasteiger charge is 2.40. The van der Waals surface area contributed by atoms with E-state index in [1.165, 1.54) is 5.56 Å². The van der Waals surface area contributed by atoms with Crippen molar-refractivity contribution in [3.63, 3.8) is 0 Å². The second kappa shape index (κ2) is 11.4. The van der Waals surface area contributed by atoms with E-state index in [4.69, 9.17) is 4.98 Å². The Morgan fingerprint density at radius 3 is 2.00 bits per heavy atom. The third-order valence-corrected chi connectivity index (χ3v) is 9.73. The standard InChI is InChI=1S/C37H42N4O/c1-27(2)37(42)21-19-36(3,20-22-37)23-24-40-26-39-35-32(34(40)38)31(29-15-9-5-10-16-29)33(30-17-11-6-12-18-30)41(35)25-28-13-7-4-8-14-28/h4-18,26-27,38,42H,19-25H2,1-3H3. The number of hydrogen-bond acceptors (Lipinski definition) is 3. The van der Waals surface area contributed by atoms with Crippen molar-refractivity contribution in [1.29, 1.82) is 5.41 Å². The Morgan fingerprint density at radius 1 is 0.833 bits per heavy atom. The van der Waals surface area contributed by atoms with E-state index < -0.39 is 5.60 Å². The van der Waals surface area contributed by atoms with Gasteiger partial charge in [0.15, 0.2) is 0 Å². The third kappa shape index (κ3) is 5.34. The summed E-state index contributed by atoms with van der Waals surface area (Å²) in [5.41, 5.74) is 6.49. The lowest BCUT2D eigenvalue weighted by atomic mass is 9.65. The highest BCUT2D eigenvalue weighted by molar-refractivity contribution is 6.02. The van der Waals surface area contributed by atoms with Gasteiger partial charge in [0.2, 0.25) is 0 Å². The lowest BCUT2D eigenvalue weighted by Gasteiger charge is -2.44. The predicted octanol–water partition coefficient (Wildman–Crippen LogP) is 8.06. The molecule has 0 saturated heterocycles. The fraction of sp³-hybridized carbons (Fsp3) is 0.351. The minimum Gasteiger partial charge on any atom is -0.390 e. The SMILES string of the molecule is CC(C)C1(O)CCC(C)(CCn2cnc3c(c(-c4ccccc4)c(-c4ccccc4)n3Cc3ccccc3)c2=N)CC1. The van der Waals surface area contributed by atoms with Gasteiger partial charge in [0.25, 0.3) is 0 Å². The molecule has 3 aromatic carbocycles. The summed E-state index contributed by atoms with van der Waals surface area (Å²) in [5.74, 6) is 0.276. The summed E-state index contributed by atoms with van der Waals surface area (Å²) in [6, 6.07) is 31.5. The molecule has 1 aliphatic rings. The highest BCUT2D eigenvalue weighted by atomic mass is 16.3. The molecule has 1 aliphatic carbocycles. The number of benzene rings is 3. The van der Waals surface area contributed by atoms with Crippen molar-refractivity contribution < 1.29 is 5.11 Å². The topological polar surface area (TPSA) is 66.8 Å². The number of hydrogen-bond donors (Lipinski definition) is 2. The summed E-state index contributed by atoms with van der Waals surface area (Å²) in [6.45, 7) is 8.01. The summed E-state index contributed by atoms with van der Waals surface area (Å²) >= 11 is 0. The maximum Gasteiger partial charge on any atom is 0.146 e. The zero-order valence-electron chi connectivity index (χ0n) is 25.1. The number of aliphatic hydroxyl groups is 1. The molecule has 0 radical (unpaired) electrons. The minimum atomic E-state index is -0.548. The highest BCUT2D eigenvalue weighted by Crippen LogP contribution is 2.46. The molecule has 0 unspecified atom stereocenters. The van der Waals surface area contributed by atoms with Crippen molar-refractivity contribution >= 4 is 11.0 Å². The first-order valence-electron chi connectivity index (χ1n) is 15.3. The molecular formula is C37H42N4O. The second-order valence-electron chi connectivity index (χ2n) is 12.8. The Labute approximate surface area is 249 Å². The molecule has 2 aromatic heterocycles. The number of nitrogens with zero attached hydrogens (tertiary/aromatic N) is 3. The smallest absolute Gasteiger partial charge is 0.146 e. The van der Waals surface area contributed by atoms with Gasteiger partial charge in [-0.05, 0) is 60.1 Å². The molecule has 216 valence electrons. The molecule has 2 N–H and O–H groups in total. The summed E-state index contributed by atoms with van der Waals surface area (Å²) in [7, 11) is 0. The summed E-state index contributed by atoms with van der Waals surface area (Å²) in [6.07, 6.45) is 6.53. The minimum absolute atomic E-state index is 0.145. The molecular weight excluding hydrogens is 516 g/mol. The summed E-state index contributed by atoms with van der Waals surface area (Å²) in [5, 5.41) is 21.5. The van der Waals surface area contributed by atoms with Gasteiger partial charge in [0.1, 0.15) is 11.1 Å². The molecule has 5 heteroatoms. The van der Waals surface area contributed by atoms with Crippen LogP contribution in [-0.4, -0.2) is 24.8 Å². The zero-order valence-corrected chi connectivity index (χ0v) is 25.1. The Morgan fingerprint density at radius 2 is 1.40 bits per heavy atom. The second-order valence-corrected chi connectivity index (χ2v) is 12.8. The summed E-state index contributed by atoms with van der Waals surface area (Å²) in [4.78, 5) is 5.07. The van der Waals surface area contributed by atoms with Crippen molar-refractivity contribution in [2.24, 2.45) is 11.3 Å². The normalized spacial score (nSPS) is 20.8. The van der Waals surface area contributed by atoms with E-state index in [0.717, 1.165) is 72.1 Å². The van der Waals surface area contributed by atoms with Crippen LogP contribution in [0.4, 0.5) is 0 Å².